The molecule has 0 radical (unpaired) electrons. The van der Waals surface area contributed by atoms with Crippen molar-refractivity contribution in [3.05, 3.63) is 82.8 Å². The van der Waals surface area contributed by atoms with Crippen molar-refractivity contribution in [3.8, 4) is 0 Å². The zero-order chi connectivity index (χ0) is 19.2. The van der Waals surface area contributed by atoms with Gasteiger partial charge in [-0.2, -0.15) is 0 Å². The minimum atomic E-state index is -0.528. The molecule has 0 saturated carbocycles. The Hall–Kier alpha value is -3.06. The van der Waals surface area contributed by atoms with E-state index in [0.717, 1.165) is 0 Å². The van der Waals surface area contributed by atoms with Gasteiger partial charge in [-0.1, -0.05) is 29.8 Å². The molecule has 8 heteroatoms. The Morgan fingerprint density at radius 3 is 2.63 bits per heavy atom. The van der Waals surface area contributed by atoms with Crippen molar-refractivity contribution in [2.75, 3.05) is 11.9 Å². The summed E-state index contributed by atoms with van der Waals surface area (Å²) in [6.07, 6.45) is 1.60. The summed E-state index contributed by atoms with van der Waals surface area (Å²) in [5.74, 6) is -0.890. The lowest BCUT2D eigenvalue weighted by Crippen LogP contribution is -2.26. The topological polar surface area (TPSA) is 66.9 Å². The summed E-state index contributed by atoms with van der Waals surface area (Å²) in [5.41, 5.74) is 1.19. The standard InChI is InChI=1S/C19H15ClF2N4O/c20-14-9-13(5-6-16(14)22)26-18-10-17(24-11-25-18)19(27)23-8-7-12-3-1-2-4-15(12)21/h1-6,9-11H,7-8H2,(H,23,27)(H,24,25,26). The number of nitrogens with zero attached hydrogens (tertiary/aromatic N) is 2. The highest BCUT2D eigenvalue weighted by atomic mass is 35.5. The number of benzene rings is 2. The van der Waals surface area contributed by atoms with Gasteiger partial charge in [0.2, 0.25) is 0 Å². The van der Waals surface area contributed by atoms with Crippen LogP contribution in [-0.4, -0.2) is 22.4 Å². The first kappa shape index (κ1) is 18.7. The molecule has 3 aromatic rings. The number of carbonyl (C=O) groups excluding carboxylic acids is 1. The summed E-state index contributed by atoms with van der Waals surface area (Å²) in [4.78, 5) is 20.2. The van der Waals surface area contributed by atoms with E-state index >= 15 is 0 Å². The summed E-state index contributed by atoms with van der Waals surface area (Å²) in [6.45, 7) is 0.264. The predicted octanol–water partition coefficient (Wildman–Crippen LogP) is 4.12. The number of carbonyl (C=O) groups is 1. The molecule has 2 aromatic carbocycles. The highest BCUT2D eigenvalue weighted by molar-refractivity contribution is 6.31. The van der Waals surface area contributed by atoms with Crippen molar-refractivity contribution in [1.29, 1.82) is 0 Å². The fourth-order valence-electron chi connectivity index (χ4n) is 2.37. The molecule has 0 aliphatic carbocycles. The summed E-state index contributed by atoms with van der Waals surface area (Å²) in [6, 6.07) is 12.0. The zero-order valence-corrected chi connectivity index (χ0v) is 14.8. The second kappa shape index (κ2) is 8.55. The Bertz CT molecular complexity index is 968. The van der Waals surface area contributed by atoms with E-state index in [1.165, 1.54) is 36.7 Å². The molecule has 27 heavy (non-hydrogen) atoms. The van der Waals surface area contributed by atoms with E-state index in [1.807, 2.05) is 0 Å². The number of halogens is 3. The molecule has 0 spiro atoms. The van der Waals surface area contributed by atoms with Crippen LogP contribution in [0.4, 0.5) is 20.3 Å². The van der Waals surface area contributed by atoms with Gasteiger partial charge in [-0.15, -0.1) is 0 Å². The molecular weight excluding hydrogens is 374 g/mol. The van der Waals surface area contributed by atoms with Gasteiger partial charge in [-0.25, -0.2) is 18.7 Å². The van der Waals surface area contributed by atoms with Crippen LogP contribution in [0.3, 0.4) is 0 Å². The maximum Gasteiger partial charge on any atom is 0.270 e. The van der Waals surface area contributed by atoms with Crippen molar-refractivity contribution in [2.45, 2.75) is 6.42 Å². The van der Waals surface area contributed by atoms with Crippen molar-refractivity contribution < 1.29 is 13.6 Å². The normalized spacial score (nSPS) is 10.5. The van der Waals surface area contributed by atoms with Crippen LogP contribution in [0.5, 0.6) is 0 Å². The van der Waals surface area contributed by atoms with Crippen LogP contribution in [0.1, 0.15) is 16.1 Å². The van der Waals surface area contributed by atoms with Crippen molar-refractivity contribution >= 4 is 29.0 Å². The number of anilines is 2. The van der Waals surface area contributed by atoms with Gasteiger partial charge in [0.25, 0.3) is 5.91 Å². The average Bonchev–Trinajstić information content (AvgIpc) is 2.66. The lowest BCUT2D eigenvalue weighted by atomic mass is 10.1. The third kappa shape index (κ3) is 4.98. The molecule has 0 aliphatic rings. The quantitative estimate of drug-likeness (QED) is 0.666. The molecule has 0 bridgehead atoms. The molecule has 1 amide bonds. The van der Waals surface area contributed by atoms with Crippen molar-refractivity contribution in [3.63, 3.8) is 0 Å². The van der Waals surface area contributed by atoms with Gasteiger partial charge in [0.1, 0.15) is 29.5 Å². The number of hydrogen-bond acceptors (Lipinski definition) is 4. The van der Waals surface area contributed by atoms with Gasteiger partial charge in [-0.3, -0.25) is 4.79 Å². The molecule has 0 aliphatic heterocycles. The Kier molecular flexibility index (Phi) is 5.93. The van der Waals surface area contributed by atoms with E-state index in [2.05, 4.69) is 20.6 Å². The molecule has 3 rings (SSSR count). The molecule has 0 atom stereocenters. The van der Waals surface area contributed by atoms with E-state index in [4.69, 9.17) is 11.6 Å². The van der Waals surface area contributed by atoms with Crippen LogP contribution < -0.4 is 10.6 Å². The second-order valence-corrected chi connectivity index (χ2v) is 6.05. The largest absolute Gasteiger partial charge is 0.350 e. The van der Waals surface area contributed by atoms with Crippen molar-refractivity contribution in [2.24, 2.45) is 0 Å². The van der Waals surface area contributed by atoms with Crippen LogP contribution in [0, 0.1) is 11.6 Å². The minimum absolute atomic E-state index is 0.0276. The summed E-state index contributed by atoms with van der Waals surface area (Å²) >= 11 is 5.74. The Balaban J connectivity index is 1.61. The number of hydrogen-bond donors (Lipinski definition) is 2. The number of aromatic nitrogens is 2. The van der Waals surface area contributed by atoms with Gasteiger partial charge in [0, 0.05) is 18.3 Å². The fourth-order valence-corrected chi connectivity index (χ4v) is 2.55. The Morgan fingerprint density at radius 1 is 1.04 bits per heavy atom. The summed E-state index contributed by atoms with van der Waals surface area (Å²) in [5, 5.41) is 5.59. The SMILES string of the molecule is O=C(NCCc1ccccc1F)c1cc(Nc2ccc(F)c(Cl)c2)ncn1. The molecular formula is C19H15ClF2N4O. The highest BCUT2D eigenvalue weighted by Gasteiger charge is 2.10. The van der Waals surface area contributed by atoms with E-state index < -0.39 is 11.7 Å². The lowest BCUT2D eigenvalue weighted by Gasteiger charge is -2.08. The molecule has 5 nitrogen and oxygen atoms in total. The minimum Gasteiger partial charge on any atom is -0.350 e. The number of nitrogens with one attached hydrogen (secondary N) is 2. The van der Waals surface area contributed by atoms with Gasteiger partial charge in [-0.05, 0) is 36.2 Å². The third-order valence-electron chi connectivity index (χ3n) is 3.73. The Morgan fingerprint density at radius 2 is 1.85 bits per heavy atom. The van der Waals surface area contributed by atoms with Crippen LogP contribution in [0.2, 0.25) is 5.02 Å². The first-order valence-corrected chi connectivity index (χ1v) is 8.46. The molecule has 0 saturated heterocycles. The maximum atomic E-state index is 13.6. The Labute approximate surface area is 159 Å². The lowest BCUT2D eigenvalue weighted by molar-refractivity contribution is 0.0949. The van der Waals surface area contributed by atoms with Gasteiger partial charge in [0.05, 0.1) is 5.02 Å². The predicted molar refractivity (Wildman–Crippen MR) is 99.2 cm³/mol. The first-order chi connectivity index (χ1) is 13.0. The van der Waals surface area contributed by atoms with E-state index in [9.17, 15) is 13.6 Å². The van der Waals surface area contributed by atoms with Gasteiger partial charge < -0.3 is 10.6 Å². The van der Waals surface area contributed by atoms with Crippen LogP contribution in [0.25, 0.3) is 0 Å². The monoisotopic (exact) mass is 388 g/mol. The first-order valence-electron chi connectivity index (χ1n) is 8.08. The van der Waals surface area contributed by atoms with Crippen LogP contribution in [0.15, 0.2) is 54.9 Å². The summed E-state index contributed by atoms with van der Waals surface area (Å²) in [7, 11) is 0. The van der Waals surface area contributed by atoms with Crippen molar-refractivity contribution in [1.82, 2.24) is 15.3 Å². The molecule has 0 unspecified atom stereocenters. The van der Waals surface area contributed by atoms with E-state index in [0.29, 0.717) is 23.5 Å². The molecule has 1 aromatic heterocycles. The summed E-state index contributed by atoms with van der Waals surface area (Å²) < 4.78 is 26.8. The second-order valence-electron chi connectivity index (χ2n) is 5.64. The third-order valence-corrected chi connectivity index (χ3v) is 4.02. The number of amides is 1. The highest BCUT2D eigenvalue weighted by Crippen LogP contribution is 2.22. The number of rotatable bonds is 6. The maximum absolute atomic E-state index is 13.6. The average molecular weight is 389 g/mol. The van der Waals surface area contributed by atoms with Crippen LogP contribution >= 0.6 is 11.6 Å². The smallest absolute Gasteiger partial charge is 0.270 e. The van der Waals surface area contributed by atoms with Gasteiger partial charge in [0.15, 0.2) is 0 Å². The zero-order valence-electron chi connectivity index (χ0n) is 14.0. The van der Waals surface area contributed by atoms with Gasteiger partial charge >= 0.3 is 0 Å². The van der Waals surface area contributed by atoms with E-state index in [-0.39, 0.29) is 23.1 Å². The van der Waals surface area contributed by atoms with Crippen LogP contribution in [-0.2, 0) is 6.42 Å². The van der Waals surface area contributed by atoms with E-state index in [1.54, 1.807) is 18.2 Å². The molecule has 1 heterocycles. The molecule has 138 valence electrons. The molecule has 0 fully saturated rings. The molecule has 2 N–H and O–H groups in total. The fraction of sp³-hybridized carbons (Fsp3) is 0.105.